The van der Waals surface area contributed by atoms with E-state index >= 15 is 0 Å². The minimum Gasteiger partial charge on any atom is -0.385 e. The summed E-state index contributed by atoms with van der Waals surface area (Å²) in [5.41, 5.74) is -0.541. The Morgan fingerprint density at radius 3 is 2.62 bits per heavy atom. The Labute approximate surface area is 129 Å². The molecule has 1 atom stereocenters. The summed E-state index contributed by atoms with van der Waals surface area (Å²) < 4.78 is 24.3. The molecule has 0 bridgehead atoms. The molecule has 1 aromatic carbocycles. The number of hydrogen-bond donors (Lipinski definition) is 1. The van der Waals surface area contributed by atoms with Crippen LogP contribution in [0, 0.1) is 0 Å². The SMILES string of the molecule is CCc1ccc(CC2(O)CCS(=O)(=O)c3ccccc32)s1. The fourth-order valence-corrected chi connectivity index (χ4v) is 5.62. The van der Waals surface area contributed by atoms with E-state index in [0.29, 0.717) is 12.0 Å². The summed E-state index contributed by atoms with van der Waals surface area (Å²) in [6, 6.07) is 10.9. The van der Waals surface area contributed by atoms with Crippen molar-refractivity contribution < 1.29 is 13.5 Å². The van der Waals surface area contributed by atoms with Crippen LogP contribution in [0.1, 0.15) is 28.7 Å². The zero-order valence-corrected chi connectivity index (χ0v) is 13.5. The van der Waals surface area contributed by atoms with Gasteiger partial charge in [-0.15, -0.1) is 11.3 Å². The first kappa shape index (κ1) is 14.8. The van der Waals surface area contributed by atoms with Crippen molar-refractivity contribution >= 4 is 21.2 Å². The van der Waals surface area contributed by atoms with Gasteiger partial charge >= 0.3 is 0 Å². The van der Waals surface area contributed by atoms with E-state index in [4.69, 9.17) is 0 Å². The van der Waals surface area contributed by atoms with Gasteiger partial charge in [-0.25, -0.2) is 8.42 Å². The third-order valence-electron chi connectivity index (χ3n) is 4.04. The smallest absolute Gasteiger partial charge is 0.178 e. The Bertz CT molecular complexity index is 761. The molecule has 1 aliphatic heterocycles. The fourth-order valence-electron chi connectivity index (χ4n) is 2.85. The van der Waals surface area contributed by atoms with Gasteiger partial charge in [-0.2, -0.15) is 0 Å². The van der Waals surface area contributed by atoms with Crippen LogP contribution in [0.25, 0.3) is 0 Å². The monoisotopic (exact) mass is 322 g/mol. The lowest BCUT2D eigenvalue weighted by atomic mass is 9.87. The molecular formula is C16H18O3S2. The Hall–Kier alpha value is -1.17. The van der Waals surface area contributed by atoms with E-state index in [2.05, 4.69) is 13.0 Å². The van der Waals surface area contributed by atoms with Gasteiger partial charge in [-0.05, 0) is 31.0 Å². The maximum absolute atomic E-state index is 12.2. The van der Waals surface area contributed by atoms with Crippen molar-refractivity contribution in [1.29, 1.82) is 0 Å². The van der Waals surface area contributed by atoms with Crippen LogP contribution >= 0.6 is 11.3 Å². The summed E-state index contributed by atoms with van der Waals surface area (Å²) in [5.74, 6) is 0.00647. The molecule has 2 heterocycles. The summed E-state index contributed by atoms with van der Waals surface area (Å²) in [6.45, 7) is 2.10. The van der Waals surface area contributed by atoms with Crippen molar-refractivity contribution in [1.82, 2.24) is 0 Å². The van der Waals surface area contributed by atoms with Gasteiger partial charge in [-0.1, -0.05) is 25.1 Å². The van der Waals surface area contributed by atoms with Crippen molar-refractivity contribution in [2.75, 3.05) is 5.75 Å². The van der Waals surface area contributed by atoms with Crippen LogP contribution in [-0.4, -0.2) is 19.3 Å². The summed E-state index contributed by atoms with van der Waals surface area (Å²) >= 11 is 1.69. The Morgan fingerprint density at radius 2 is 1.90 bits per heavy atom. The van der Waals surface area contributed by atoms with Gasteiger partial charge in [0.15, 0.2) is 9.84 Å². The second kappa shape index (κ2) is 5.23. The highest BCUT2D eigenvalue weighted by atomic mass is 32.2. The summed E-state index contributed by atoms with van der Waals surface area (Å²) in [5, 5.41) is 11.0. The number of benzene rings is 1. The maximum atomic E-state index is 12.2. The van der Waals surface area contributed by atoms with Crippen LogP contribution in [0.2, 0.25) is 0 Å². The molecule has 21 heavy (non-hydrogen) atoms. The number of aryl methyl sites for hydroxylation is 1. The standard InChI is InChI=1S/C16H18O3S2/c1-2-12-7-8-13(20-12)11-16(17)9-10-21(18,19)15-6-4-3-5-14(15)16/h3-8,17H,2,9-11H2,1H3. The van der Waals surface area contributed by atoms with Crippen LogP contribution in [-0.2, 0) is 28.3 Å². The molecule has 0 amide bonds. The van der Waals surface area contributed by atoms with Gasteiger partial charge in [0.2, 0.25) is 0 Å². The molecule has 5 heteroatoms. The van der Waals surface area contributed by atoms with Crippen LogP contribution in [0.3, 0.4) is 0 Å². The molecule has 1 N–H and O–H groups in total. The van der Waals surface area contributed by atoms with E-state index in [9.17, 15) is 13.5 Å². The molecule has 0 saturated heterocycles. The molecule has 1 unspecified atom stereocenters. The topological polar surface area (TPSA) is 54.4 Å². The van der Waals surface area contributed by atoms with Crippen LogP contribution in [0.4, 0.5) is 0 Å². The summed E-state index contributed by atoms with van der Waals surface area (Å²) in [6.07, 6.45) is 1.71. The molecule has 0 spiro atoms. The first-order valence-electron chi connectivity index (χ1n) is 7.07. The lowest BCUT2D eigenvalue weighted by Crippen LogP contribution is -2.37. The van der Waals surface area contributed by atoms with E-state index in [1.165, 1.54) is 4.88 Å². The van der Waals surface area contributed by atoms with Crippen molar-refractivity contribution in [2.45, 2.75) is 36.7 Å². The minimum atomic E-state index is -3.26. The Morgan fingerprint density at radius 1 is 1.19 bits per heavy atom. The third-order valence-corrected chi connectivity index (χ3v) is 7.04. The molecule has 112 valence electrons. The average Bonchev–Trinajstić information content (AvgIpc) is 2.92. The highest BCUT2D eigenvalue weighted by molar-refractivity contribution is 7.91. The van der Waals surface area contributed by atoms with Gasteiger partial charge < -0.3 is 5.11 Å². The molecule has 2 aromatic rings. The molecule has 0 aliphatic carbocycles. The first-order valence-corrected chi connectivity index (χ1v) is 9.54. The molecule has 0 radical (unpaired) electrons. The first-order chi connectivity index (χ1) is 9.94. The van der Waals surface area contributed by atoms with Crippen molar-refractivity contribution in [3.63, 3.8) is 0 Å². The normalized spacial score (nSPS) is 23.7. The zero-order chi connectivity index (χ0) is 15.1. The molecule has 3 rings (SSSR count). The van der Waals surface area contributed by atoms with E-state index in [1.54, 1.807) is 35.6 Å². The zero-order valence-electron chi connectivity index (χ0n) is 11.9. The highest BCUT2D eigenvalue weighted by Gasteiger charge is 2.40. The quantitative estimate of drug-likeness (QED) is 0.945. The highest BCUT2D eigenvalue weighted by Crippen LogP contribution is 2.40. The summed E-state index contributed by atoms with van der Waals surface area (Å²) in [4.78, 5) is 2.67. The lowest BCUT2D eigenvalue weighted by molar-refractivity contribution is 0.0291. The van der Waals surface area contributed by atoms with Gasteiger partial charge in [0.05, 0.1) is 16.2 Å². The molecule has 0 saturated carbocycles. The molecular weight excluding hydrogens is 304 g/mol. The summed E-state index contributed by atoms with van der Waals surface area (Å²) in [7, 11) is -3.26. The van der Waals surface area contributed by atoms with Gasteiger partial charge in [0, 0.05) is 21.7 Å². The Balaban J connectivity index is 2.01. The lowest BCUT2D eigenvalue weighted by Gasteiger charge is -2.34. The largest absolute Gasteiger partial charge is 0.385 e. The molecule has 1 aromatic heterocycles. The minimum absolute atomic E-state index is 0.00647. The van der Waals surface area contributed by atoms with Crippen molar-refractivity contribution in [3.05, 3.63) is 51.7 Å². The maximum Gasteiger partial charge on any atom is 0.178 e. The molecule has 1 aliphatic rings. The second-order valence-electron chi connectivity index (χ2n) is 5.49. The van der Waals surface area contributed by atoms with Crippen molar-refractivity contribution in [3.8, 4) is 0 Å². The predicted octanol–water partition coefficient (Wildman–Crippen LogP) is 2.92. The number of fused-ring (bicyclic) bond motifs is 1. The number of thiophene rings is 1. The fraction of sp³-hybridized carbons (Fsp3) is 0.375. The predicted molar refractivity (Wildman–Crippen MR) is 84.4 cm³/mol. The number of sulfone groups is 1. The van der Waals surface area contributed by atoms with Crippen LogP contribution < -0.4 is 0 Å². The number of rotatable bonds is 3. The number of hydrogen-bond acceptors (Lipinski definition) is 4. The molecule has 3 nitrogen and oxygen atoms in total. The van der Waals surface area contributed by atoms with Gasteiger partial charge in [0.25, 0.3) is 0 Å². The van der Waals surface area contributed by atoms with Gasteiger partial charge in [-0.3, -0.25) is 0 Å². The van der Waals surface area contributed by atoms with E-state index in [1.807, 2.05) is 6.07 Å². The van der Waals surface area contributed by atoms with E-state index in [-0.39, 0.29) is 17.1 Å². The van der Waals surface area contributed by atoms with Gasteiger partial charge in [0.1, 0.15) is 0 Å². The Kier molecular flexibility index (Phi) is 3.67. The third kappa shape index (κ3) is 2.65. The van der Waals surface area contributed by atoms with E-state index in [0.717, 1.165) is 11.3 Å². The number of aliphatic hydroxyl groups is 1. The van der Waals surface area contributed by atoms with Crippen LogP contribution in [0.15, 0.2) is 41.3 Å². The second-order valence-corrected chi connectivity index (χ2v) is 8.83. The molecule has 0 fully saturated rings. The average molecular weight is 322 g/mol. The van der Waals surface area contributed by atoms with Crippen molar-refractivity contribution in [2.24, 2.45) is 0 Å². The van der Waals surface area contributed by atoms with Crippen LogP contribution in [0.5, 0.6) is 0 Å². The van der Waals surface area contributed by atoms with E-state index < -0.39 is 15.4 Å².